The number of nitrogens with one attached hydrogen (secondary N) is 1. The van der Waals surface area contributed by atoms with E-state index in [0.717, 1.165) is 11.3 Å². The molecule has 0 aliphatic carbocycles. The number of carbonyl (C=O) groups excluding carboxylic acids is 1. The molecule has 1 aromatic heterocycles. The van der Waals surface area contributed by atoms with Gasteiger partial charge in [-0.2, -0.15) is 0 Å². The largest absolute Gasteiger partial charge is 0.477 e. The first-order valence-electron chi connectivity index (χ1n) is 9.44. The molecular weight excluding hydrogens is 417 g/mol. The van der Waals surface area contributed by atoms with Crippen molar-refractivity contribution in [2.24, 2.45) is 11.8 Å². The van der Waals surface area contributed by atoms with E-state index in [-0.39, 0.29) is 29.6 Å². The number of aliphatic hydroxyl groups is 1. The Morgan fingerprint density at radius 2 is 2.31 bits per heavy atom. The van der Waals surface area contributed by atoms with Crippen molar-refractivity contribution in [3.05, 3.63) is 27.8 Å². The molecule has 0 saturated carbocycles. The van der Waals surface area contributed by atoms with Crippen LogP contribution in [-0.2, 0) is 9.59 Å². The number of aliphatic carboxylic acids is 1. The minimum Gasteiger partial charge on any atom is -0.477 e. The van der Waals surface area contributed by atoms with E-state index in [1.807, 2.05) is 18.4 Å². The van der Waals surface area contributed by atoms with E-state index in [1.54, 1.807) is 6.92 Å². The molecule has 1 aromatic rings. The zero-order valence-electron chi connectivity index (χ0n) is 16.0. The number of rotatable bonds is 6. The zero-order valence-corrected chi connectivity index (χ0v) is 17.6. The highest BCUT2D eigenvalue weighted by atomic mass is 32.2. The molecule has 0 spiro atoms. The molecule has 4 rings (SSSR count). The molecular formula is C19H22FN3O4S2. The smallest absolute Gasteiger partial charge is 0.353 e. The average molecular weight is 440 g/mol. The van der Waals surface area contributed by atoms with Crippen LogP contribution in [0.15, 0.2) is 26.4 Å². The Bertz CT molecular complexity index is 913. The summed E-state index contributed by atoms with van der Waals surface area (Å²) in [5.74, 6) is -2.28. The summed E-state index contributed by atoms with van der Waals surface area (Å²) in [6.45, 7) is 3.59. The number of carboxylic acid groups (broad SMARTS) is 1. The summed E-state index contributed by atoms with van der Waals surface area (Å²) in [4.78, 5) is 30.8. The van der Waals surface area contributed by atoms with Gasteiger partial charge in [0.1, 0.15) is 12.4 Å². The van der Waals surface area contributed by atoms with Crippen molar-refractivity contribution in [2.45, 2.75) is 42.8 Å². The first kappa shape index (κ1) is 20.5. The van der Waals surface area contributed by atoms with Gasteiger partial charge in [-0.3, -0.25) is 4.79 Å². The Labute approximate surface area is 175 Å². The van der Waals surface area contributed by atoms with E-state index in [2.05, 4.69) is 10.3 Å². The number of carbonyl (C=O) groups is 2. The molecule has 1 saturated heterocycles. The summed E-state index contributed by atoms with van der Waals surface area (Å²) < 4.78 is 13.7. The Morgan fingerprint density at radius 3 is 2.97 bits per heavy atom. The van der Waals surface area contributed by atoms with Gasteiger partial charge < -0.3 is 20.4 Å². The number of aromatic nitrogens is 1. The third-order valence-corrected chi connectivity index (χ3v) is 7.95. The molecule has 3 N–H and O–H groups in total. The molecule has 4 heterocycles. The predicted molar refractivity (Wildman–Crippen MR) is 108 cm³/mol. The van der Waals surface area contributed by atoms with E-state index in [4.69, 9.17) is 0 Å². The van der Waals surface area contributed by atoms with Crippen LogP contribution in [0.4, 0.5) is 4.39 Å². The first-order chi connectivity index (χ1) is 13.8. The highest BCUT2D eigenvalue weighted by molar-refractivity contribution is 8.04. The standard InChI is InChI=1S/C19H22FN3O4S2/c1-8-14-13(9(2)24)17(25)23(14)15(18(26)27)16(8)29-19-22-12(7-28-19)10-3-4-21-11(5-10)6-20/h3,7-9,11,13-14,21,24H,4-6H2,1-2H3,(H,26,27)/t8-,9-,11-,13-,14-/m1/s1. The van der Waals surface area contributed by atoms with E-state index < -0.39 is 24.7 Å². The summed E-state index contributed by atoms with van der Waals surface area (Å²) in [5.41, 5.74) is 1.75. The number of fused-ring (bicyclic) bond motifs is 1. The fraction of sp³-hybridized carbons (Fsp3) is 0.526. The van der Waals surface area contributed by atoms with Crippen molar-refractivity contribution in [3.8, 4) is 0 Å². The Kier molecular flexibility index (Phi) is 5.54. The van der Waals surface area contributed by atoms with Crippen LogP contribution in [0.3, 0.4) is 0 Å². The molecule has 0 bridgehead atoms. The van der Waals surface area contributed by atoms with Gasteiger partial charge in [-0.1, -0.05) is 24.8 Å². The number of β-lactam (4-membered cyclic amide) rings is 1. The van der Waals surface area contributed by atoms with E-state index in [0.29, 0.717) is 22.2 Å². The molecule has 1 amide bonds. The molecule has 3 aliphatic heterocycles. The maximum Gasteiger partial charge on any atom is 0.353 e. The van der Waals surface area contributed by atoms with Crippen molar-refractivity contribution >= 4 is 40.5 Å². The maximum absolute atomic E-state index is 13.0. The quantitative estimate of drug-likeness (QED) is 0.584. The Hall–Kier alpha value is -1.75. The van der Waals surface area contributed by atoms with Crippen LogP contribution in [-0.4, -0.2) is 63.4 Å². The lowest BCUT2D eigenvalue weighted by Gasteiger charge is -2.46. The third kappa shape index (κ3) is 3.41. The number of carboxylic acids is 1. The lowest BCUT2D eigenvalue weighted by Crippen LogP contribution is -2.63. The fourth-order valence-electron chi connectivity index (χ4n) is 4.29. The average Bonchev–Trinajstić information content (AvgIpc) is 3.24. The Morgan fingerprint density at radius 1 is 1.55 bits per heavy atom. The number of hydrogen-bond donors (Lipinski definition) is 3. The van der Waals surface area contributed by atoms with Gasteiger partial charge >= 0.3 is 5.97 Å². The number of thiazole rings is 1. The van der Waals surface area contributed by atoms with Crippen LogP contribution in [0.2, 0.25) is 0 Å². The number of halogens is 1. The van der Waals surface area contributed by atoms with Crippen molar-refractivity contribution < 1.29 is 24.2 Å². The summed E-state index contributed by atoms with van der Waals surface area (Å²) in [6.07, 6.45) is 1.73. The van der Waals surface area contributed by atoms with Crippen LogP contribution in [0, 0.1) is 11.8 Å². The molecule has 156 valence electrons. The van der Waals surface area contributed by atoms with Crippen molar-refractivity contribution in [2.75, 3.05) is 13.2 Å². The molecule has 7 nitrogen and oxygen atoms in total. The van der Waals surface area contributed by atoms with Gasteiger partial charge in [-0.05, 0) is 18.9 Å². The van der Waals surface area contributed by atoms with Crippen LogP contribution in [0.5, 0.6) is 0 Å². The number of aliphatic hydroxyl groups excluding tert-OH is 1. The zero-order chi connectivity index (χ0) is 20.9. The number of thioether (sulfide) groups is 1. The van der Waals surface area contributed by atoms with Crippen LogP contribution in [0.1, 0.15) is 26.0 Å². The van der Waals surface area contributed by atoms with Gasteiger partial charge in [-0.15, -0.1) is 11.3 Å². The SMILES string of the molecule is C[C@@H](O)[C@H]1C(=O)N2C(C(=O)O)=C(Sc3nc(C4=CCN[C@@H](CF)C4)cs3)[C@H](C)[C@H]12. The van der Waals surface area contributed by atoms with E-state index in [1.165, 1.54) is 28.0 Å². The second-order valence-electron chi connectivity index (χ2n) is 7.57. The minimum absolute atomic E-state index is 0.00951. The molecule has 10 heteroatoms. The van der Waals surface area contributed by atoms with Gasteiger partial charge in [0.2, 0.25) is 5.91 Å². The highest BCUT2D eigenvalue weighted by Gasteiger charge is 2.60. The maximum atomic E-state index is 13.0. The number of hydrogen-bond acceptors (Lipinski definition) is 7. The molecule has 0 aromatic carbocycles. The Balaban J connectivity index is 1.58. The molecule has 3 aliphatic rings. The molecule has 0 radical (unpaired) electrons. The van der Waals surface area contributed by atoms with Crippen LogP contribution >= 0.6 is 23.1 Å². The van der Waals surface area contributed by atoms with Crippen molar-refractivity contribution in [1.82, 2.24) is 15.2 Å². The molecule has 5 atom stereocenters. The molecule has 0 unspecified atom stereocenters. The second-order valence-corrected chi connectivity index (χ2v) is 9.71. The van der Waals surface area contributed by atoms with Gasteiger partial charge in [-0.25, -0.2) is 14.2 Å². The van der Waals surface area contributed by atoms with Crippen molar-refractivity contribution in [1.29, 1.82) is 0 Å². The van der Waals surface area contributed by atoms with E-state index >= 15 is 0 Å². The van der Waals surface area contributed by atoms with Gasteiger partial charge in [0.05, 0.1) is 23.8 Å². The van der Waals surface area contributed by atoms with Crippen LogP contribution < -0.4 is 5.32 Å². The summed E-state index contributed by atoms with van der Waals surface area (Å²) in [6, 6.07) is -0.552. The molecule has 1 fully saturated rings. The van der Waals surface area contributed by atoms with Crippen LogP contribution in [0.25, 0.3) is 5.57 Å². The summed E-state index contributed by atoms with van der Waals surface area (Å²) in [7, 11) is 0. The second kappa shape index (κ2) is 7.82. The summed E-state index contributed by atoms with van der Waals surface area (Å²) >= 11 is 2.67. The van der Waals surface area contributed by atoms with Gasteiger partial charge in [0.15, 0.2) is 4.34 Å². The normalized spacial score (nSPS) is 30.1. The number of alkyl halides is 1. The van der Waals surface area contributed by atoms with Gasteiger partial charge in [0.25, 0.3) is 0 Å². The predicted octanol–water partition coefficient (Wildman–Crippen LogP) is 2.10. The third-order valence-electron chi connectivity index (χ3n) is 5.73. The number of nitrogens with zero attached hydrogens (tertiary/aromatic N) is 2. The highest BCUT2D eigenvalue weighted by Crippen LogP contribution is 2.52. The fourth-order valence-corrected chi connectivity index (χ4v) is 6.40. The summed E-state index contributed by atoms with van der Waals surface area (Å²) in [5, 5.41) is 24.6. The minimum atomic E-state index is -1.15. The van der Waals surface area contributed by atoms with Crippen molar-refractivity contribution in [3.63, 3.8) is 0 Å². The lowest BCUT2D eigenvalue weighted by atomic mass is 9.79. The topological polar surface area (TPSA) is 103 Å². The monoisotopic (exact) mass is 439 g/mol. The molecule has 29 heavy (non-hydrogen) atoms. The first-order valence-corrected chi connectivity index (χ1v) is 11.1. The lowest BCUT2D eigenvalue weighted by molar-refractivity contribution is -0.163. The van der Waals surface area contributed by atoms with E-state index in [9.17, 15) is 24.2 Å². The number of amides is 1. The van der Waals surface area contributed by atoms with Gasteiger partial charge in [0, 0.05) is 28.8 Å².